The first-order valence-electron chi connectivity index (χ1n) is 9.18. The lowest BCUT2D eigenvalue weighted by atomic mass is 9.96. The summed E-state index contributed by atoms with van der Waals surface area (Å²) in [5.41, 5.74) is 1.96. The van der Waals surface area contributed by atoms with Crippen LogP contribution in [0.2, 0.25) is 0 Å². The molecule has 27 heavy (non-hydrogen) atoms. The Balaban J connectivity index is 1.44. The van der Waals surface area contributed by atoms with Crippen LogP contribution < -0.4 is 10.6 Å². The fourth-order valence-electron chi connectivity index (χ4n) is 3.28. The van der Waals surface area contributed by atoms with Crippen LogP contribution in [-0.2, 0) is 0 Å². The van der Waals surface area contributed by atoms with E-state index in [1.807, 2.05) is 31.2 Å². The Morgan fingerprint density at radius 1 is 1.11 bits per heavy atom. The van der Waals surface area contributed by atoms with Gasteiger partial charge in [0.1, 0.15) is 5.82 Å². The SMILES string of the molecule is Cc1cccc(NC(=O)NCC2CCN(C(=O)c3ccccc3F)CC2)c1. The molecule has 1 fully saturated rings. The lowest BCUT2D eigenvalue weighted by Crippen LogP contribution is -2.42. The zero-order valence-electron chi connectivity index (χ0n) is 15.4. The monoisotopic (exact) mass is 369 g/mol. The topological polar surface area (TPSA) is 61.4 Å². The van der Waals surface area contributed by atoms with Crippen LogP contribution in [0.15, 0.2) is 48.5 Å². The van der Waals surface area contributed by atoms with Crippen molar-refractivity contribution >= 4 is 17.6 Å². The Morgan fingerprint density at radius 3 is 2.56 bits per heavy atom. The quantitative estimate of drug-likeness (QED) is 0.861. The first-order chi connectivity index (χ1) is 13.0. The van der Waals surface area contributed by atoms with Gasteiger partial charge >= 0.3 is 6.03 Å². The van der Waals surface area contributed by atoms with E-state index in [4.69, 9.17) is 0 Å². The molecule has 0 aliphatic carbocycles. The number of aryl methyl sites for hydroxylation is 1. The van der Waals surface area contributed by atoms with Crippen molar-refractivity contribution in [1.82, 2.24) is 10.2 Å². The smallest absolute Gasteiger partial charge is 0.319 e. The number of amides is 3. The number of halogens is 1. The summed E-state index contributed by atoms with van der Waals surface area (Å²) in [7, 11) is 0. The fourth-order valence-corrected chi connectivity index (χ4v) is 3.28. The summed E-state index contributed by atoms with van der Waals surface area (Å²) in [6.45, 7) is 3.66. The van der Waals surface area contributed by atoms with Crippen molar-refractivity contribution in [2.75, 3.05) is 25.0 Å². The van der Waals surface area contributed by atoms with Gasteiger partial charge in [-0.25, -0.2) is 9.18 Å². The lowest BCUT2D eigenvalue weighted by Gasteiger charge is -2.32. The Hall–Kier alpha value is -2.89. The molecule has 6 heteroatoms. The molecular formula is C21H24FN3O2. The van der Waals surface area contributed by atoms with Crippen LogP contribution in [0.3, 0.4) is 0 Å². The molecule has 0 aromatic heterocycles. The van der Waals surface area contributed by atoms with E-state index in [9.17, 15) is 14.0 Å². The largest absolute Gasteiger partial charge is 0.339 e. The summed E-state index contributed by atoms with van der Waals surface area (Å²) in [4.78, 5) is 26.1. The normalized spacial score (nSPS) is 14.7. The van der Waals surface area contributed by atoms with Crippen molar-refractivity contribution in [1.29, 1.82) is 0 Å². The van der Waals surface area contributed by atoms with Gasteiger partial charge in [-0.2, -0.15) is 0 Å². The summed E-state index contributed by atoms with van der Waals surface area (Å²) < 4.78 is 13.8. The molecule has 0 unspecified atom stereocenters. The molecule has 2 aromatic rings. The van der Waals surface area contributed by atoms with Crippen LogP contribution in [0.5, 0.6) is 0 Å². The maximum absolute atomic E-state index is 13.8. The van der Waals surface area contributed by atoms with Crippen LogP contribution in [0.4, 0.5) is 14.9 Å². The van der Waals surface area contributed by atoms with Gasteiger partial charge < -0.3 is 15.5 Å². The number of benzene rings is 2. The number of urea groups is 1. The Morgan fingerprint density at radius 2 is 1.85 bits per heavy atom. The van der Waals surface area contributed by atoms with Gasteiger partial charge in [-0.3, -0.25) is 4.79 Å². The minimum absolute atomic E-state index is 0.117. The highest BCUT2D eigenvalue weighted by Gasteiger charge is 2.25. The second kappa shape index (κ2) is 8.66. The molecule has 1 aliphatic rings. The number of hydrogen-bond acceptors (Lipinski definition) is 2. The standard InChI is InChI=1S/C21H24FN3O2/c1-15-5-4-6-17(13-15)24-21(27)23-14-16-9-11-25(12-10-16)20(26)18-7-2-3-8-19(18)22/h2-8,13,16H,9-12,14H2,1H3,(H2,23,24,27). The molecule has 0 spiro atoms. The van der Waals surface area contributed by atoms with Crippen LogP contribution in [-0.4, -0.2) is 36.5 Å². The zero-order valence-corrected chi connectivity index (χ0v) is 15.4. The molecule has 0 atom stereocenters. The van der Waals surface area contributed by atoms with E-state index < -0.39 is 5.82 Å². The van der Waals surface area contributed by atoms with E-state index in [1.54, 1.807) is 17.0 Å². The van der Waals surface area contributed by atoms with Crippen LogP contribution in [0.1, 0.15) is 28.8 Å². The highest BCUT2D eigenvalue weighted by atomic mass is 19.1. The Bertz CT molecular complexity index is 817. The summed E-state index contributed by atoms with van der Waals surface area (Å²) in [6, 6.07) is 13.5. The molecule has 1 heterocycles. The van der Waals surface area contributed by atoms with Crippen molar-refractivity contribution in [3.8, 4) is 0 Å². The summed E-state index contributed by atoms with van der Waals surface area (Å²) in [6.07, 6.45) is 1.57. The predicted octanol–water partition coefficient (Wildman–Crippen LogP) is 3.81. The maximum Gasteiger partial charge on any atom is 0.319 e. The summed E-state index contributed by atoms with van der Waals surface area (Å²) >= 11 is 0. The number of rotatable bonds is 4. The van der Waals surface area contributed by atoms with E-state index in [0.29, 0.717) is 25.6 Å². The number of hydrogen-bond donors (Lipinski definition) is 2. The van der Waals surface area contributed by atoms with E-state index in [1.165, 1.54) is 12.1 Å². The molecule has 3 amide bonds. The van der Waals surface area contributed by atoms with E-state index in [2.05, 4.69) is 10.6 Å². The highest BCUT2D eigenvalue weighted by molar-refractivity contribution is 5.94. The van der Waals surface area contributed by atoms with Crippen molar-refractivity contribution in [3.63, 3.8) is 0 Å². The molecule has 2 N–H and O–H groups in total. The van der Waals surface area contributed by atoms with Crippen molar-refractivity contribution in [2.45, 2.75) is 19.8 Å². The molecule has 0 radical (unpaired) electrons. The van der Waals surface area contributed by atoms with Crippen LogP contribution >= 0.6 is 0 Å². The molecule has 1 saturated heterocycles. The van der Waals surface area contributed by atoms with Gasteiger partial charge in [0.05, 0.1) is 5.56 Å². The second-order valence-electron chi connectivity index (χ2n) is 6.92. The molecule has 2 aromatic carbocycles. The number of piperidine rings is 1. The van der Waals surface area contributed by atoms with E-state index in [0.717, 1.165) is 24.1 Å². The minimum atomic E-state index is -0.487. The maximum atomic E-state index is 13.8. The number of nitrogens with zero attached hydrogens (tertiary/aromatic N) is 1. The Kier molecular flexibility index (Phi) is 6.06. The third kappa shape index (κ3) is 5.06. The molecule has 5 nitrogen and oxygen atoms in total. The number of nitrogens with one attached hydrogen (secondary N) is 2. The molecule has 3 rings (SSSR count). The third-order valence-electron chi connectivity index (χ3n) is 4.83. The van der Waals surface area contributed by atoms with Gasteiger partial charge in [0, 0.05) is 25.3 Å². The van der Waals surface area contributed by atoms with E-state index >= 15 is 0 Å². The van der Waals surface area contributed by atoms with E-state index in [-0.39, 0.29) is 17.5 Å². The number of carbonyl (C=O) groups is 2. The lowest BCUT2D eigenvalue weighted by molar-refractivity contribution is 0.0686. The molecule has 1 aliphatic heterocycles. The third-order valence-corrected chi connectivity index (χ3v) is 4.83. The number of carbonyl (C=O) groups excluding carboxylic acids is 2. The average molecular weight is 369 g/mol. The van der Waals surface area contributed by atoms with Gasteiger partial charge in [-0.1, -0.05) is 24.3 Å². The molecule has 0 bridgehead atoms. The number of likely N-dealkylation sites (tertiary alicyclic amines) is 1. The first kappa shape index (κ1) is 18.9. The zero-order chi connectivity index (χ0) is 19.2. The van der Waals surface area contributed by atoms with Crippen LogP contribution in [0, 0.1) is 18.7 Å². The predicted molar refractivity (Wildman–Crippen MR) is 103 cm³/mol. The number of anilines is 1. The first-order valence-corrected chi connectivity index (χ1v) is 9.18. The molecular weight excluding hydrogens is 345 g/mol. The molecule has 142 valence electrons. The highest BCUT2D eigenvalue weighted by Crippen LogP contribution is 2.19. The summed E-state index contributed by atoms with van der Waals surface area (Å²) in [5.74, 6) is -0.450. The second-order valence-corrected chi connectivity index (χ2v) is 6.92. The van der Waals surface area contributed by atoms with Crippen molar-refractivity contribution in [2.24, 2.45) is 5.92 Å². The fraction of sp³-hybridized carbons (Fsp3) is 0.333. The van der Waals surface area contributed by atoms with Crippen molar-refractivity contribution < 1.29 is 14.0 Å². The van der Waals surface area contributed by atoms with Gasteiger partial charge in [0.2, 0.25) is 0 Å². The van der Waals surface area contributed by atoms with Gasteiger partial charge in [-0.15, -0.1) is 0 Å². The van der Waals surface area contributed by atoms with Crippen molar-refractivity contribution in [3.05, 3.63) is 65.5 Å². The van der Waals surface area contributed by atoms with Gasteiger partial charge in [0.25, 0.3) is 5.91 Å². The minimum Gasteiger partial charge on any atom is -0.339 e. The Labute approximate surface area is 158 Å². The molecule has 0 saturated carbocycles. The van der Waals surface area contributed by atoms with Gasteiger partial charge in [-0.05, 0) is 55.5 Å². The van der Waals surface area contributed by atoms with Gasteiger partial charge in [0.15, 0.2) is 0 Å². The average Bonchev–Trinajstić information content (AvgIpc) is 2.67. The van der Waals surface area contributed by atoms with Crippen LogP contribution in [0.25, 0.3) is 0 Å². The summed E-state index contributed by atoms with van der Waals surface area (Å²) in [5, 5.41) is 5.71.